The largest absolute Gasteiger partial charge is 0.271 e. The van der Waals surface area contributed by atoms with Crippen LogP contribution in [0.4, 0.5) is 4.39 Å². The first-order chi connectivity index (χ1) is 10.2. The van der Waals surface area contributed by atoms with Crippen molar-refractivity contribution in [1.29, 1.82) is 0 Å². The van der Waals surface area contributed by atoms with Gasteiger partial charge >= 0.3 is 0 Å². The molecule has 0 bridgehead atoms. The Kier molecular flexibility index (Phi) is 3.84. The molecule has 0 saturated carbocycles. The van der Waals surface area contributed by atoms with Crippen LogP contribution in [0.1, 0.15) is 17.2 Å². The van der Waals surface area contributed by atoms with Crippen LogP contribution in [0.5, 0.6) is 0 Å². The normalized spacial score (nSPS) is 12.5. The van der Waals surface area contributed by atoms with Gasteiger partial charge in [-0.25, -0.2) is 9.82 Å². The molecule has 3 nitrogen and oxygen atoms in total. The van der Waals surface area contributed by atoms with E-state index in [0.717, 1.165) is 16.5 Å². The summed E-state index contributed by atoms with van der Waals surface area (Å²) in [6.07, 6.45) is 1.69. The molecule has 3 aromatic rings. The van der Waals surface area contributed by atoms with Crippen LogP contribution in [0.2, 0.25) is 5.02 Å². The Morgan fingerprint density at radius 2 is 1.95 bits per heavy atom. The first-order valence-electron chi connectivity index (χ1n) is 6.45. The third kappa shape index (κ3) is 2.74. The second-order valence-corrected chi connectivity index (χ2v) is 5.16. The highest BCUT2D eigenvalue weighted by atomic mass is 35.5. The van der Waals surface area contributed by atoms with Crippen molar-refractivity contribution in [2.75, 3.05) is 0 Å². The summed E-state index contributed by atoms with van der Waals surface area (Å²) in [5, 5.41) is 1.43. The first-order valence-corrected chi connectivity index (χ1v) is 6.82. The predicted molar refractivity (Wildman–Crippen MR) is 82.3 cm³/mol. The van der Waals surface area contributed by atoms with Crippen LogP contribution in [0.3, 0.4) is 0 Å². The maximum atomic E-state index is 14.0. The summed E-state index contributed by atoms with van der Waals surface area (Å²) in [6.45, 7) is 0. The number of rotatable bonds is 3. The zero-order valence-electron chi connectivity index (χ0n) is 11.1. The maximum absolute atomic E-state index is 14.0. The molecule has 5 heteroatoms. The van der Waals surface area contributed by atoms with Crippen LogP contribution in [0, 0.1) is 5.82 Å². The summed E-state index contributed by atoms with van der Waals surface area (Å²) < 4.78 is 14.0. The zero-order valence-corrected chi connectivity index (χ0v) is 11.8. The summed E-state index contributed by atoms with van der Waals surface area (Å²) in [5.74, 6) is 5.25. The van der Waals surface area contributed by atoms with Gasteiger partial charge in [0, 0.05) is 22.2 Å². The minimum atomic E-state index is -0.513. The SMILES string of the molecule is NNC(c1cnc2ccccc2c1)c1cc(Cl)ccc1F. The minimum Gasteiger partial charge on any atom is -0.271 e. The van der Waals surface area contributed by atoms with E-state index in [2.05, 4.69) is 10.4 Å². The second-order valence-electron chi connectivity index (χ2n) is 4.73. The fraction of sp³-hybridized carbons (Fsp3) is 0.0625. The summed E-state index contributed by atoms with van der Waals surface area (Å²) in [5.41, 5.74) is 4.67. The van der Waals surface area contributed by atoms with Crippen molar-refractivity contribution in [2.24, 2.45) is 5.84 Å². The molecule has 3 rings (SSSR count). The highest BCUT2D eigenvalue weighted by Crippen LogP contribution is 2.27. The number of aromatic nitrogens is 1. The third-order valence-electron chi connectivity index (χ3n) is 3.38. The Morgan fingerprint density at radius 3 is 2.76 bits per heavy atom. The van der Waals surface area contributed by atoms with Crippen LogP contribution >= 0.6 is 11.6 Å². The van der Waals surface area contributed by atoms with E-state index >= 15 is 0 Å². The lowest BCUT2D eigenvalue weighted by Gasteiger charge is -2.18. The molecule has 0 aliphatic carbocycles. The summed E-state index contributed by atoms with van der Waals surface area (Å²) in [4.78, 5) is 4.38. The topological polar surface area (TPSA) is 50.9 Å². The van der Waals surface area contributed by atoms with E-state index in [0.29, 0.717) is 10.6 Å². The fourth-order valence-corrected chi connectivity index (χ4v) is 2.53. The average molecular weight is 302 g/mol. The number of hydrogen-bond donors (Lipinski definition) is 2. The van der Waals surface area contributed by atoms with E-state index in [-0.39, 0.29) is 5.82 Å². The van der Waals surface area contributed by atoms with Gasteiger partial charge in [0.1, 0.15) is 5.82 Å². The maximum Gasteiger partial charge on any atom is 0.128 e. The number of nitrogens with two attached hydrogens (primary N) is 1. The molecule has 1 heterocycles. The van der Waals surface area contributed by atoms with Gasteiger partial charge in [-0.3, -0.25) is 10.8 Å². The molecular weight excluding hydrogens is 289 g/mol. The Labute approximate surface area is 126 Å². The molecule has 1 atom stereocenters. The van der Waals surface area contributed by atoms with Crippen LogP contribution in [-0.2, 0) is 0 Å². The van der Waals surface area contributed by atoms with Gasteiger partial charge in [-0.15, -0.1) is 0 Å². The summed E-state index contributed by atoms with van der Waals surface area (Å²) >= 11 is 5.95. The standard InChI is InChI=1S/C16H13ClFN3/c17-12-5-6-14(18)13(8-12)16(21-19)11-7-10-3-1-2-4-15(10)20-9-11/h1-9,16,21H,19H2. The van der Waals surface area contributed by atoms with Gasteiger partial charge in [-0.1, -0.05) is 29.8 Å². The molecule has 1 aromatic heterocycles. The molecule has 2 aromatic carbocycles. The monoisotopic (exact) mass is 301 g/mol. The van der Waals surface area contributed by atoms with Crippen molar-refractivity contribution >= 4 is 22.5 Å². The first kappa shape index (κ1) is 13.9. The Bertz CT molecular complexity index is 791. The van der Waals surface area contributed by atoms with Crippen LogP contribution in [-0.4, -0.2) is 4.98 Å². The Hall–Kier alpha value is -2.01. The average Bonchev–Trinajstić information content (AvgIpc) is 2.51. The van der Waals surface area contributed by atoms with Crippen LogP contribution in [0.15, 0.2) is 54.7 Å². The van der Waals surface area contributed by atoms with E-state index in [4.69, 9.17) is 17.4 Å². The molecule has 0 amide bonds. The van der Waals surface area contributed by atoms with E-state index in [9.17, 15) is 4.39 Å². The van der Waals surface area contributed by atoms with Crippen molar-refractivity contribution in [3.8, 4) is 0 Å². The molecule has 0 aliphatic rings. The predicted octanol–water partition coefficient (Wildman–Crippen LogP) is 3.58. The Morgan fingerprint density at radius 1 is 1.14 bits per heavy atom. The van der Waals surface area contributed by atoms with Gasteiger partial charge in [0.2, 0.25) is 0 Å². The second kappa shape index (κ2) is 5.77. The molecule has 0 saturated heterocycles. The number of pyridine rings is 1. The molecule has 3 N–H and O–H groups in total. The van der Waals surface area contributed by atoms with E-state index in [1.54, 1.807) is 12.3 Å². The fourth-order valence-electron chi connectivity index (χ4n) is 2.35. The quantitative estimate of drug-likeness (QED) is 0.574. The molecule has 0 fully saturated rings. The number of hydrazine groups is 1. The van der Waals surface area contributed by atoms with Crippen molar-refractivity contribution in [2.45, 2.75) is 6.04 Å². The number of benzene rings is 2. The molecule has 21 heavy (non-hydrogen) atoms. The molecule has 106 valence electrons. The van der Waals surface area contributed by atoms with Crippen molar-refractivity contribution in [3.63, 3.8) is 0 Å². The van der Waals surface area contributed by atoms with Crippen LogP contribution < -0.4 is 11.3 Å². The van der Waals surface area contributed by atoms with Crippen molar-refractivity contribution < 1.29 is 4.39 Å². The molecule has 1 unspecified atom stereocenters. The highest BCUT2D eigenvalue weighted by molar-refractivity contribution is 6.30. The van der Waals surface area contributed by atoms with Crippen LogP contribution in [0.25, 0.3) is 10.9 Å². The molecule has 0 radical (unpaired) electrons. The number of nitrogens with zero attached hydrogens (tertiary/aromatic N) is 1. The van der Waals surface area contributed by atoms with Gasteiger partial charge in [0.15, 0.2) is 0 Å². The van der Waals surface area contributed by atoms with E-state index < -0.39 is 6.04 Å². The van der Waals surface area contributed by atoms with Gasteiger partial charge in [-0.2, -0.15) is 0 Å². The van der Waals surface area contributed by atoms with Gasteiger partial charge in [-0.05, 0) is 35.9 Å². The lowest BCUT2D eigenvalue weighted by atomic mass is 9.99. The molecular formula is C16H13ClFN3. The lowest BCUT2D eigenvalue weighted by molar-refractivity contribution is 0.560. The van der Waals surface area contributed by atoms with Gasteiger partial charge < -0.3 is 0 Å². The summed E-state index contributed by atoms with van der Waals surface area (Å²) in [7, 11) is 0. The molecule has 0 spiro atoms. The third-order valence-corrected chi connectivity index (χ3v) is 3.62. The van der Waals surface area contributed by atoms with Gasteiger partial charge in [0.05, 0.1) is 11.6 Å². The highest BCUT2D eigenvalue weighted by Gasteiger charge is 2.17. The Balaban J connectivity index is 2.11. The molecule has 0 aliphatic heterocycles. The minimum absolute atomic E-state index is 0.365. The number of nitrogens with one attached hydrogen (secondary N) is 1. The van der Waals surface area contributed by atoms with E-state index in [1.807, 2.05) is 30.3 Å². The van der Waals surface area contributed by atoms with E-state index in [1.165, 1.54) is 12.1 Å². The zero-order chi connectivity index (χ0) is 14.8. The smallest absolute Gasteiger partial charge is 0.128 e. The lowest BCUT2D eigenvalue weighted by Crippen LogP contribution is -2.29. The number of fused-ring (bicyclic) bond motifs is 1. The number of halogens is 2. The van der Waals surface area contributed by atoms with Crippen molar-refractivity contribution in [3.05, 3.63) is 76.7 Å². The van der Waals surface area contributed by atoms with Crippen molar-refractivity contribution in [1.82, 2.24) is 10.4 Å². The van der Waals surface area contributed by atoms with Gasteiger partial charge in [0.25, 0.3) is 0 Å². The summed E-state index contributed by atoms with van der Waals surface area (Å²) in [6, 6.07) is 13.5. The number of hydrogen-bond acceptors (Lipinski definition) is 3. The number of para-hydroxylation sites is 1.